The molecule has 122 valence electrons. The lowest BCUT2D eigenvalue weighted by Gasteiger charge is -2.11. The number of rotatable bonds is 4. The van der Waals surface area contributed by atoms with E-state index in [2.05, 4.69) is 10.1 Å². The highest BCUT2D eigenvalue weighted by atomic mass is 35.5. The average Bonchev–Trinajstić information content (AvgIpc) is 2.48. The number of ether oxygens (including phenoxy) is 1. The van der Waals surface area contributed by atoms with Gasteiger partial charge >= 0.3 is 0 Å². The molecule has 0 radical (unpaired) electrons. The number of amides is 1. The molecule has 0 heterocycles. The lowest BCUT2D eigenvalue weighted by molar-refractivity contribution is -0.118. The normalized spacial score (nSPS) is 10.5. The Labute approximate surface area is 133 Å². The van der Waals surface area contributed by atoms with Crippen LogP contribution >= 0.6 is 11.6 Å². The van der Waals surface area contributed by atoms with E-state index in [1.807, 2.05) is 0 Å². The first-order valence-electron chi connectivity index (χ1n) is 6.31. The first-order chi connectivity index (χ1) is 10.8. The van der Waals surface area contributed by atoms with Gasteiger partial charge in [-0.3, -0.25) is 4.79 Å². The Hall–Kier alpha value is -2.28. The van der Waals surface area contributed by atoms with Crippen molar-refractivity contribution in [2.45, 2.75) is 6.92 Å². The Morgan fingerprint density at radius 2 is 1.74 bits per heavy atom. The number of benzene rings is 2. The van der Waals surface area contributed by atoms with Crippen LogP contribution in [0.25, 0.3) is 0 Å². The van der Waals surface area contributed by atoms with Crippen molar-refractivity contribution < 1.29 is 27.1 Å². The molecule has 23 heavy (non-hydrogen) atoms. The number of hydrogen-bond donors (Lipinski definition) is 1. The zero-order valence-electron chi connectivity index (χ0n) is 11.7. The lowest BCUT2D eigenvalue weighted by Crippen LogP contribution is -2.21. The van der Waals surface area contributed by atoms with Gasteiger partial charge in [-0.15, -0.1) is 0 Å². The van der Waals surface area contributed by atoms with Crippen molar-refractivity contribution in [2.75, 3.05) is 11.9 Å². The third-order valence-electron chi connectivity index (χ3n) is 2.88. The summed E-state index contributed by atoms with van der Waals surface area (Å²) >= 11 is 5.77. The van der Waals surface area contributed by atoms with Gasteiger partial charge in [0.25, 0.3) is 5.91 Å². The summed E-state index contributed by atoms with van der Waals surface area (Å²) in [6.07, 6.45) is 0. The molecule has 0 atom stereocenters. The Morgan fingerprint density at radius 1 is 1.13 bits per heavy atom. The van der Waals surface area contributed by atoms with Crippen LogP contribution in [-0.2, 0) is 4.79 Å². The third kappa shape index (κ3) is 3.92. The van der Waals surface area contributed by atoms with Gasteiger partial charge in [0.05, 0.1) is 0 Å². The summed E-state index contributed by atoms with van der Waals surface area (Å²) in [5.74, 6) is -8.70. The van der Waals surface area contributed by atoms with Gasteiger partial charge in [-0.05, 0) is 30.7 Å². The van der Waals surface area contributed by atoms with Crippen LogP contribution < -0.4 is 10.1 Å². The van der Waals surface area contributed by atoms with Crippen LogP contribution in [-0.4, -0.2) is 12.5 Å². The number of anilines is 1. The van der Waals surface area contributed by atoms with Crippen LogP contribution in [0.1, 0.15) is 5.56 Å². The molecule has 0 aromatic heterocycles. The summed E-state index contributed by atoms with van der Waals surface area (Å²) in [4.78, 5) is 11.7. The molecule has 1 amide bonds. The maximum absolute atomic E-state index is 13.4. The fourth-order valence-corrected chi connectivity index (χ4v) is 2.00. The summed E-state index contributed by atoms with van der Waals surface area (Å²) in [7, 11) is 0. The molecular formula is C15H10ClF4NO2. The van der Waals surface area contributed by atoms with Crippen LogP contribution in [0.3, 0.4) is 0 Å². The second-order valence-electron chi connectivity index (χ2n) is 4.59. The Morgan fingerprint density at radius 3 is 2.30 bits per heavy atom. The van der Waals surface area contributed by atoms with E-state index in [-0.39, 0.29) is 6.07 Å². The van der Waals surface area contributed by atoms with E-state index in [1.165, 1.54) is 12.1 Å². The van der Waals surface area contributed by atoms with E-state index in [0.29, 0.717) is 16.3 Å². The fourth-order valence-electron chi connectivity index (χ4n) is 1.77. The van der Waals surface area contributed by atoms with E-state index in [0.717, 1.165) is 0 Å². The van der Waals surface area contributed by atoms with E-state index >= 15 is 0 Å². The maximum Gasteiger partial charge on any atom is 0.262 e. The highest BCUT2D eigenvalue weighted by Crippen LogP contribution is 2.26. The number of hydrogen-bond acceptors (Lipinski definition) is 2. The van der Waals surface area contributed by atoms with Crippen molar-refractivity contribution in [3.05, 3.63) is 58.1 Å². The van der Waals surface area contributed by atoms with Crippen LogP contribution in [0.4, 0.5) is 23.2 Å². The van der Waals surface area contributed by atoms with Gasteiger partial charge in [0.1, 0.15) is 0 Å². The number of carbonyl (C=O) groups is 1. The van der Waals surface area contributed by atoms with Crippen LogP contribution in [0.2, 0.25) is 5.02 Å². The van der Waals surface area contributed by atoms with Gasteiger partial charge in [-0.25, -0.2) is 8.78 Å². The summed E-state index contributed by atoms with van der Waals surface area (Å²) in [5.41, 5.74) is 1.06. The summed E-state index contributed by atoms with van der Waals surface area (Å²) < 4.78 is 57.3. The zero-order chi connectivity index (χ0) is 17.1. The monoisotopic (exact) mass is 347 g/mol. The minimum atomic E-state index is -1.71. The molecule has 0 spiro atoms. The topological polar surface area (TPSA) is 38.3 Å². The van der Waals surface area contributed by atoms with Gasteiger partial charge < -0.3 is 10.1 Å². The molecule has 0 fully saturated rings. The lowest BCUT2D eigenvalue weighted by atomic mass is 10.2. The second kappa shape index (κ2) is 6.87. The standard InChI is InChI=1S/C15H10ClF4NO2/c1-7-4-8(16)2-3-11(7)21-12(22)6-23-15-13(19)9(17)5-10(18)14(15)20/h2-5H,6H2,1H3,(H,21,22). The minimum Gasteiger partial charge on any atom is -0.477 e. The van der Waals surface area contributed by atoms with Crippen LogP contribution in [0.15, 0.2) is 24.3 Å². The molecule has 2 rings (SSSR count). The fraction of sp³-hybridized carbons (Fsp3) is 0.133. The quantitative estimate of drug-likeness (QED) is 0.664. The van der Waals surface area contributed by atoms with E-state index in [4.69, 9.17) is 11.6 Å². The van der Waals surface area contributed by atoms with Gasteiger partial charge in [0.2, 0.25) is 11.6 Å². The third-order valence-corrected chi connectivity index (χ3v) is 3.12. The van der Waals surface area contributed by atoms with Gasteiger partial charge in [-0.1, -0.05) is 11.6 Å². The van der Waals surface area contributed by atoms with Crippen molar-refractivity contribution in [1.82, 2.24) is 0 Å². The molecule has 0 aliphatic rings. The van der Waals surface area contributed by atoms with Gasteiger partial charge in [0, 0.05) is 16.8 Å². The molecule has 0 saturated heterocycles. The van der Waals surface area contributed by atoms with Crippen molar-refractivity contribution in [3.8, 4) is 5.75 Å². The molecule has 0 aliphatic carbocycles. The molecule has 1 N–H and O–H groups in total. The first kappa shape index (κ1) is 17.1. The molecule has 0 aliphatic heterocycles. The first-order valence-corrected chi connectivity index (χ1v) is 6.69. The van der Waals surface area contributed by atoms with E-state index in [9.17, 15) is 22.4 Å². The summed E-state index contributed by atoms with van der Waals surface area (Å²) in [5, 5.41) is 2.89. The molecule has 0 saturated carbocycles. The second-order valence-corrected chi connectivity index (χ2v) is 5.03. The molecule has 3 nitrogen and oxygen atoms in total. The smallest absolute Gasteiger partial charge is 0.262 e. The van der Waals surface area contributed by atoms with E-state index in [1.54, 1.807) is 13.0 Å². The largest absolute Gasteiger partial charge is 0.477 e. The molecule has 0 unspecified atom stereocenters. The molecule has 2 aromatic carbocycles. The van der Waals surface area contributed by atoms with Gasteiger partial charge in [-0.2, -0.15) is 8.78 Å². The Balaban J connectivity index is 2.08. The molecule has 2 aromatic rings. The molecule has 0 bridgehead atoms. The Kier molecular flexibility index (Phi) is 5.10. The van der Waals surface area contributed by atoms with Crippen molar-refractivity contribution in [1.29, 1.82) is 0 Å². The Bertz CT molecular complexity index is 741. The average molecular weight is 348 g/mol. The van der Waals surface area contributed by atoms with Crippen molar-refractivity contribution in [3.63, 3.8) is 0 Å². The van der Waals surface area contributed by atoms with Crippen molar-refractivity contribution in [2.24, 2.45) is 0 Å². The molecular weight excluding hydrogens is 338 g/mol. The number of carbonyl (C=O) groups excluding carboxylic acids is 1. The predicted molar refractivity (Wildman–Crippen MR) is 76.6 cm³/mol. The zero-order valence-corrected chi connectivity index (χ0v) is 12.5. The number of halogens is 5. The van der Waals surface area contributed by atoms with Crippen molar-refractivity contribution >= 4 is 23.2 Å². The number of aryl methyl sites for hydroxylation is 1. The van der Waals surface area contributed by atoms with E-state index < -0.39 is 41.5 Å². The summed E-state index contributed by atoms with van der Waals surface area (Å²) in [6, 6.07) is 4.71. The maximum atomic E-state index is 13.4. The van der Waals surface area contributed by atoms with Gasteiger partial charge in [0.15, 0.2) is 24.0 Å². The highest BCUT2D eigenvalue weighted by molar-refractivity contribution is 6.30. The highest BCUT2D eigenvalue weighted by Gasteiger charge is 2.21. The SMILES string of the molecule is Cc1cc(Cl)ccc1NC(=O)COc1c(F)c(F)cc(F)c1F. The number of nitrogens with one attached hydrogen (secondary N) is 1. The molecule has 8 heteroatoms. The predicted octanol–water partition coefficient (Wildman–Crippen LogP) is 4.22. The summed E-state index contributed by atoms with van der Waals surface area (Å²) in [6.45, 7) is 0.850. The van der Waals surface area contributed by atoms with Crippen LogP contribution in [0.5, 0.6) is 5.75 Å². The minimum absolute atomic E-state index is 0.0503. The van der Waals surface area contributed by atoms with Crippen LogP contribution in [0, 0.1) is 30.2 Å².